The van der Waals surface area contributed by atoms with Gasteiger partial charge in [-0.1, -0.05) is 43.7 Å². The normalized spacial score (nSPS) is 13.1. The first-order valence-electron chi connectivity index (χ1n) is 11.3. The van der Waals surface area contributed by atoms with Gasteiger partial charge < -0.3 is 26.0 Å². The number of ether oxygens (including phenoxy) is 1. The van der Waals surface area contributed by atoms with Gasteiger partial charge in [-0.05, 0) is 46.6 Å². The molecule has 33 heavy (non-hydrogen) atoms. The van der Waals surface area contributed by atoms with E-state index in [4.69, 9.17) is 10.5 Å². The van der Waals surface area contributed by atoms with E-state index in [9.17, 15) is 19.2 Å². The number of alkyl carbamates (subject to hydrolysis) is 1. The quantitative estimate of drug-likeness (QED) is 0.435. The molecule has 0 spiro atoms. The van der Waals surface area contributed by atoms with E-state index < -0.39 is 48.1 Å². The molecule has 4 N–H and O–H groups in total. The fourth-order valence-electron chi connectivity index (χ4n) is 3.27. The average molecular weight is 463 g/mol. The summed E-state index contributed by atoms with van der Waals surface area (Å²) in [5, 5.41) is 5.34. The molecule has 2 atom stereocenters. The fraction of sp³-hybridized carbons (Fsp3) is 0.583. The van der Waals surface area contributed by atoms with E-state index in [0.717, 1.165) is 12.8 Å². The lowest BCUT2D eigenvalue weighted by Crippen LogP contribution is -2.56. The van der Waals surface area contributed by atoms with E-state index in [1.807, 2.05) is 13.0 Å². The smallest absolute Gasteiger partial charge is 0.408 e. The molecule has 0 saturated carbocycles. The Hall–Kier alpha value is -3.10. The molecule has 0 aromatic heterocycles. The number of benzene rings is 1. The van der Waals surface area contributed by atoms with Crippen LogP contribution in [0.5, 0.6) is 0 Å². The van der Waals surface area contributed by atoms with Crippen LogP contribution in [-0.2, 0) is 19.1 Å². The summed E-state index contributed by atoms with van der Waals surface area (Å²) in [5.41, 5.74) is 5.17. The van der Waals surface area contributed by atoms with Gasteiger partial charge in [-0.25, -0.2) is 4.79 Å². The Labute approximate surface area is 196 Å². The van der Waals surface area contributed by atoms with Crippen molar-refractivity contribution in [2.45, 2.75) is 84.5 Å². The zero-order valence-corrected chi connectivity index (χ0v) is 20.5. The molecule has 0 bridgehead atoms. The van der Waals surface area contributed by atoms with E-state index in [1.165, 1.54) is 4.90 Å². The minimum absolute atomic E-state index is 0.341. The third-order valence-electron chi connectivity index (χ3n) is 4.68. The van der Waals surface area contributed by atoms with Gasteiger partial charge in [0.15, 0.2) is 0 Å². The lowest BCUT2D eigenvalue weighted by Gasteiger charge is -2.37. The molecule has 2 unspecified atom stereocenters. The summed E-state index contributed by atoms with van der Waals surface area (Å²) in [5.74, 6) is -1.71. The van der Waals surface area contributed by atoms with Crippen molar-refractivity contribution >= 4 is 23.8 Å². The topological polar surface area (TPSA) is 131 Å². The van der Waals surface area contributed by atoms with E-state index in [0.29, 0.717) is 12.1 Å². The summed E-state index contributed by atoms with van der Waals surface area (Å²) in [7, 11) is 0. The number of hydrogen-bond donors (Lipinski definition) is 3. The van der Waals surface area contributed by atoms with Crippen LogP contribution in [0.3, 0.4) is 0 Å². The summed E-state index contributed by atoms with van der Waals surface area (Å²) in [6, 6.07) is 6.25. The van der Waals surface area contributed by atoms with E-state index in [1.54, 1.807) is 58.9 Å². The molecule has 0 aliphatic rings. The molecule has 1 rings (SSSR count). The van der Waals surface area contributed by atoms with Gasteiger partial charge in [-0.3, -0.25) is 14.4 Å². The van der Waals surface area contributed by atoms with Gasteiger partial charge in [0.05, 0.1) is 6.42 Å². The van der Waals surface area contributed by atoms with Crippen LogP contribution in [0.4, 0.5) is 4.79 Å². The zero-order chi connectivity index (χ0) is 25.2. The molecule has 0 heterocycles. The van der Waals surface area contributed by atoms with Crippen molar-refractivity contribution in [2.24, 2.45) is 5.73 Å². The second kappa shape index (κ2) is 12.8. The van der Waals surface area contributed by atoms with E-state index >= 15 is 0 Å². The highest BCUT2D eigenvalue weighted by Gasteiger charge is 2.38. The molecule has 0 aliphatic carbocycles. The molecular formula is C24H38N4O5. The number of carbonyl (C=O) groups excluding carboxylic acids is 4. The largest absolute Gasteiger partial charge is 0.444 e. The number of amides is 4. The first-order chi connectivity index (χ1) is 15.4. The van der Waals surface area contributed by atoms with Crippen LogP contribution in [0.1, 0.15) is 72.4 Å². The number of nitrogens with one attached hydrogen (secondary N) is 2. The Balaban J connectivity index is 3.34. The van der Waals surface area contributed by atoms with Crippen molar-refractivity contribution in [1.29, 1.82) is 0 Å². The maximum Gasteiger partial charge on any atom is 0.408 e. The lowest BCUT2D eigenvalue weighted by atomic mass is 10.0. The molecule has 9 nitrogen and oxygen atoms in total. The van der Waals surface area contributed by atoms with Gasteiger partial charge in [0, 0.05) is 12.6 Å². The minimum Gasteiger partial charge on any atom is -0.444 e. The Bertz CT molecular complexity index is 805. The van der Waals surface area contributed by atoms with Gasteiger partial charge in [0.25, 0.3) is 0 Å². The molecule has 0 radical (unpaired) electrons. The third-order valence-corrected chi connectivity index (χ3v) is 4.68. The summed E-state index contributed by atoms with van der Waals surface area (Å²) >= 11 is 0. The number of primary amides is 1. The van der Waals surface area contributed by atoms with Crippen molar-refractivity contribution in [1.82, 2.24) is 15.5 Å². The number of rotatable bonds is 11. The molecule has 4 amide bonds. The number of hydrogen-bond acceptors (Lipinski definition) is 5. The van der Waals surface area contributed by atoms with E-state index in [2.05, 4.69) is 10.6 Å². The van der Waals surface area contributed by atoms with Gasteiger partial charge >= 0.3 is 6.09 Å². The minimum atomic E-state index is -1.28. The first-order valence-corrected chi connectivity index (χ1v) is 11.3. The van der Waals surface area contributed by atoms with Gasteiger partial charge in [-0.2, -0.15) is 0 Å². The highest BCUT2D eigenvalue weighted by atomic mass is 16.6. The molecule has 184 valence electrons. The van der Waals surface area contributed by atoms with Crippen LogP contribution in [0.15, 0.2) is 30.3 Å². The van der Waals surface area contributed by atoms with Crippen LogP contribution < -0.4 is 16.4 Å². The lowest BCUT2D eigenvalue weighted by molar-refractivity contribution is -0.145. The SMILES string of the molecule is CCCCNC(=O)C(c1ccccc1)N(C(=O)C(CC(N)=O)NC(=O)OC(C)(C)C)C(C)C. The predicted molar refractivity (Wildman–Crippen MR) is 126 cm³/mol. The fourth-order valence-corrected chi connectivity index (χ4v) is 3.27. The summed E-state index contributed by atoms with van der Waals surface area (Å²) in [6.07, 6.45) is 0.423. The molecule has 1 aromatic rings. The van der Waals surface area contributed by atoms with Gasteiger partial charge in [0.1, 0.15) is 17.7 Å². The van der Waals surface area contributed by atoms with Crippen molar-refractivity contribution in [3.8, 4) is 0 Å². The maximum absolute atomic E-state index is 13.6. The van der Waals surface area contributed by atoms with Crippen molar-refractivity contribution in [3.05, 3.63) is 35.9 Å². The number of carbonyl (C=O) groups is 4. The Morgan fingerprint density at radius 2 is 1.70 bits per heavy atom. The maximum atomic E-state index is 13.6. The van der Waals surface area contributed by atoms with Crippen molar-refractivity contribution in [3.63, 3.8) is 0 Å². The molecular weight excluding hydrogens is 424 g/mol. The highest BCUT2D eigenvalue weighted by Crippen LogP contribution is 2.25. The Morgan fingerprint density at radius 3 is 2.18 bits per heavy atom. The number of nitrogens with two attached hydrogens (primary N) is 1. The number of nitrogens with zero attached hydrogens (tertiary/aromatic N) is 1. The summed E-state index contributed by atoms with van der Waals surface area (Å²) < 4.78 is 5.25. The van der Waals surface area contributed by atoms with Crippen molar-refractivity contribution < 1.29 is 23.9 Å². The van der Waals surface area contributed by atoms with Crippen LogP contribution in [-0.4, -0.2) is 52.9 Å². The Kier molecular flexibility index (Phi) is 10.8. The third kappa shape index (κ3) is 9.51. The van der Waals surface area contributed by atoms with Gasteiger partial charge in [-0.15, -0.1) is 0 Å². The summed E-state index contributed by atoms with van der Waals surface area (Å²) in [6.45, 7) is 11.1. The van der Waals surface area contributed by atoms with E-state index in [-0.39, 0.29) is 5.91 Å². The second-order valence-corrected chi connectivity index (χ2v) is 9.17. The predicted octanol–water partition coefficient (Wildman–Crippen LogP) is 2.65. The van der Waals surface area contributed by atoms with Gasteiger partial charge in [0.2, 0.25) is 17.7 Å². The van der Waals surface area contributed by atoms with Crippen molar-refractivity contribution in [2.75, 3.05) is 6.54 Å². The van der Waals surface area contributed by atoms with Crippen LogP contribution in [0, 0.1) is 0 Å². The average Bonchev–Trinajstić information content (AvgIpc) is 2.69. The van der Waals surface area contributed by atoms with Crippen LogP contribution in [0.2, 0.25) is 0 Å². The molecule has 9 heteroatoms. The molecule has 0 aliphatic heterocycles. The highest BCUT2D eigenvalue weighted by molar-refractivity contribution is 5.94. The second-order valence-electron chi connectivity index (χ2n) is 9.17. The van der Waals surface area contributed by atoms with Crippen LogP contribution in [0.25, 0.3) is 0 Å². The molecule has 0 fully saturated rings. The zero-order valence-electron chi connectivity index (χ0n) is 20.5. The standard InChI is InChI=1S/C24H38N4O5/c1-7-8-14-26-21(30)20(17-12-10-9-11-13-17)28(16(2)3)22(31)18(15-19(25)29)27-23(32)33-24(4,5)6/h9-13,16,18,20H,7-8,14-15H2,1-6H3,(H2,25,29)(H,26,30)(H,27,32). The Morgan fingerprint density at radius 1 is 1.09 bits per heavy atom. The first kappa shape index (κ1) is 27.9. The van der Waals surface area contributed by atoms with Crippen LogP contribution >= 0.6 is 0 Å². The molecule has 0 saturated heterocycles. The summed E-state index contributed by atoms with van der Waals surface area (Å²) in [4.78, 5) is 52.3. The monoisotopic (exact) mass is 462 g/mol. The number of unbranched alkanes of at least 4 members (excludes halogenated alkanes) is 1. The molecule has 1 aromatic carbocycles.